The van der Waals surface area contributed by atoms with Gasteiger partial charge in [0.2, 0.25) is 0 Å². The van der Waals surface area contributed by atoms with Gasteiger partial charge in [-0.2, -0.15) is 0 Å². The Labute approximate surface area is 301 Å². The summed E-state index contributed by atoms with van der Waals surface area (Å²) in [6, 6.07) is 70.9. The van der Waals surface area contributed by atoms with Crippen molar-refractivity contribution >= 4 is 77.9 Å². The fraction of sp³-hybridized carbons (Fsp3) is 0. The Morgan fingerprint density at radius 2 is 0.885 bits per heavy atom. The van der Waals surface area contributed by atoms with E-state index in [1.165, 1.54) is 10.8 Å². The molecule has 10 aromatic rings. The fourth-order valence-electron chi connectivity index (χ4n) is 7.68. The van der Waals surface area contributed by atoms with Gasteiger partial charge in [0, 0.05) is 50.0 Å². The van der Waals surface area contributed by atoms with E-state index in [2.05, 4.69) is 202 Å². The van der Waals surface area contributed by atoms with E-state index in [-0.39, 0.29) is 0 Å². The fourth-order valence-corrected chi connectivity index (χ4v) is 7.68. The number of rotatable bonds is 7. The third-order valence-corrected chi connectivity index (χ3v) is 9.91. The molecule has 0 aliphatic heterocycles. The Bertz CT molecular complexity index is 2800. The van der Waals surface area contributed by atoms with E-state index in [1.54, 1.807) is 0 Å². The van der Waals surface area contributed by atoms with Crippen LogP contribution >= 0.6 is 0 Å². The normalized spacial score (nSPS) is 11.5. The molecular formula is C48H33N3O. The van der Waals surface area contributed by atoms with E-state index in [0.29, 0.717) is 0 Å². The molecule has 0 N–H and O–H groups in total. The van der Waals surface area contributed by atoms with E-state index in [1.807, 2.05) is 12.1 Å². The Morgan fingerprint density at radius 1 is 0.346 bits per heavy atom. The summed E-state index contributed by atoms with van der Waals surface area (Å²) in [6.07, 6.45) is 0. The number of para-hydroxylation sites is 6. The molecule has 0 aliphatic rings. The van der Waals surface area contributed by atoms with Gasteiger partial charge in [0.15, 0.2) is 0 Å². The molecule has 0 amide bonds. The Balaban J connectivity index is 1.34. The standard InChI is InChI=1S/C48H33N3O/c1-5-17-34(18-6-1)49(38-29-30-47-42(31-38)40-25-14-16-28-46(40)52-47)39-32-44(50(35-19-7-2-8-20-35)36-21-9-3-10-22-36)48-41-26-13-15-27-43(41)51(45(48)33-39)37-23-11-4-12-24-37/h1-33H. The van der Waals surface area contributed by atoms with Crippen molar-refractivity contribution in [2.75, 3.05) is 9.80 Å². The predicted molar refractivity (Wildman–Crippen MR) is 217 cm³/mol. The summed E-state index contributed by atoms with van der Waals surface area (Å²) in [6.45, 7) is 0. The van der Waals surface area contributed by atoms with Crippen LogP contribution < -0.4 is 9.80 Å². The zero-order chi connectivity index (χ0) is 34.4. The third kappa shape index (κ3) is 4.92. The molecule has 246 valence electrons. The second-order valence-corrected chi connectivity index (χ2v) is 13.0. The molecule has 0 fully saturated rings. The lowest BCUT2D eigenvalue weighted by Crippen LogP contribution is -2.14. The van der Waals surface area contributed by atoms with E-state index in [0.717, 1.165) is 72.8 Å². The maximum atomic E-state index is 6.27. The van der Waals surface area contributed by atoms with Crippen molar-refractivity contribution in [2.24, 2.45) is 0 Å². The highest BCUT2D eigenvalue weighted by atomic mass is 16.3. The largest absolute Gasteiger partial charge is 0.456 e. The van der Waals surface area contributed by atoms with Gasteiger partial charge < -0.3 is 18.8 Å². The van der Waals surface area contributed by atoms with Crippen LogP contribution in [0, 0.1) is 0 Å². The number of hydrogen-bond acceptors (Lipinski definition) is 3. The molecule has 4 nitrogen and oxygen atoms in total. The van der Waals surface area contributed by atoms with Crippen molar-refractivity contribution in [2.45, 2.75) is 0 Å². The summed E-state index contributed by atoms with van der Waals surface area (Å²) < 4.78 is 8.68. The van der Waals surface area contributed by atoms with Gasteiger partial charge in [0.05, 0.1) is 22.4 Å². The summed E-state index contributed by atoms with van der Waals surface area (Å²) in [4.78, 5) is 4.76. The maximum Gasteiger partial charge on any atom is 0.135 e. The van der Waals surface area contributed by atoms with Crippen LogP contribution in [0.25, 0.3) is 49.4 Å². The van der Waals surface area contributed by atoms with E-state index < -0.39 is 0 Å². The summed E-state index contributed by atoms with van der Waals surface area (Å²) in [5.41, 5.74) is 11.5. The summed E-state index contributed by atoms with van der Waals surface area (Å²) in [5, 5.41) is 4.56. The van der Waals surface area contributed by atoms with E-state index in [9.17, 15) is 0 Å². The molecular weight excluding hydrogens is 635 g/mol. The lowest BCUT2D eigenvalue weighted by atomic mass is 10.0. The summed E-state index contributed by atoms with van der Waals surface area (Å²) in [7, 11) is 0. The predicted octanol–water partition coefficient (Wildman–Crippen LogP) is 13.6. The van der Waals surface area contributed by atoms with Crippen LogP contribution in [0.4, 0.5) is 34.1 Å². The summed E-state index contributed by atoms with van der Waals surface area (Å²) >= 11 is 0. The van der Waals surface area contributed by atoms with Gasteiger partial charge in [-0.25, -0.2) is 0 Å². The Morgan fingerprint density at radius 3 is 1.56 bits per heavy atom. The van der Waals surface area contributed by atoms with Gasteiger partial charge in [0.1, 0.15) is 11.2 Å². The zero-order valence-electron chi connectivity index (χ0n) is 28.3. The minimum Gasteiger partial charge on any atom is -0.456 e. The van der Waals surface area contributed by atoms with Crippen molar-refractivity contribution in [3.05, 3.63) is 200 Å². The topological polar surface area (TPSA) is 24.6 Å². The average Bonchev–Trinajstić information content (AvgIpc) is 3.75. The molecule has 8 aromatic carbocycles. The molecule has 0 aliphatic carbocycles. The highest BCUT2D eigenvalue weighted by molar-refractivity contribution is 6.18. The number of furan rings is 1. The van der Waals surface area contributed by atoms with Gasteiger partial charge in [-0.1, -0.05) is 109 Å². The van der Waals surface area contributed by atoms with Gasteiger partial charge >= 0.3 is 0 Å². The van der Waals surface area contributed by atoms with E-state index >= 15 is 0 Å². The monoisotopic (exact) mass is 667 g/mol. The first-order valence-corrected chi connectivity index (χ1v) is 17.6. The van der Waals surface area contributed by atoms with Crippen LogP contribution in [0.15, 0.2) is 205 Å². The van der Waals surface area contributed by atoms with Crippen LogP contribution in [0.2, 0.25) is 0 Å². The quantitative estimate of drug-likeness (QED) is 0.169. The van der Waals surface area contributed by atoms with Crippen molar-refractivity contribution < 1.29 is 4.42 Å². The molecule has 0 spiro atoms. The van der Waals surface area contributed by atoms with Gasteiger partial charge in [-0.15, -0.1) is 0 Å². The molecule has 10 rings (SSSR count). The van der Waals surface area contributed by atoms with Crippen LogP contribution in [0.1, 0.15) is 0 Å². The Kier molecular flexibility index (Phi) is 7.10. The van der Waals surface area contributed by atoms with E-state index in [4.69, 9.17) is 4.42 Å². The summed E-state index contributed by atoms with van der Waals surface area (Å²) in [5.74, 6) is 0. The molecule has 0 atom stereocenters. The molecule has 4 heteroatoms. The second kappa shape index (κ2) is 12.4. The Hall–Kier alpha value is -7.04. The van der Waals surface area contributed by atoms with Crippen molar-refractivity contribution in [3.8, 4) is 5.69 Å². The van der Waals surface area contributed by atoms with Crippen LogP contribution in [0.5, 0.6) is 0 Å². The molecule has 52 heavy (non-hydrogen) atoms. The minimum atomic E-state index is 0.873. The molecule has 0 saturated carbocycles. The first kappa shape index (κ1) is 29.8. The minimum absolute atomic E-state index is 0.873. The number of nitrogens with zero attached hydrogens (tertiary/aromatic N) is 3. The van der Waals surface area contributed by atoms with Gasteiger partial charge in [0.25, 0.3) is 0 Å². The zero-order valence-corrected chi connectivity index (χ0v) is 28.3. The van der Waals surface area contributed by atoms with Crippen LogP contribution in [-0.2, 0) is 0 Å². The SMILES string of the molecule is c1ccc(N(c2ccc3oc4ccccc4c3c2)c2cc(N(c3ccccc3)c3ccccc3)c3c4ccccc4n(-c4ccccc4)c3c2)cc1. The number of aromatic nitrogens is 1. The van der Waals surface area contributed by atoms with Gasteiger partial charge in [-0.05, 0) is 91.0 Å². The molecule has 0 unspecified atom stereocenters. The van der Waals surface area contributed by atoms with Crippen LogP contribution in [0.3, 0.4) is 0 Å². The third-order valence-electron chi connectivity index (χ3n) is 9.91. The van der Waals surface area contributed by atoms with Crippen molar-refractivity contribution in [1.82, 2.24) is 4.57 Å². The average molecular weight is 668 g/mol. The first-order chi connectivity index (χ1) is 25.8. The van der Waals surface area contributed by atoms with Crippen molar-refractivity contribution in [3.63, 3.8) is 0 Å². The highest BCUT2D eigenvalue weighted by Gasteiger charge is 2.25. The number of hydrogen-bond donors (Lipinski definition) is 0. The lowest BCUT2D eigenvalue weighted by Gasteiger charge is -2.30. The number of anilines is 6. The highest BCUT2D eigenvalue weighted by Crippen LogP contribution is 2.48. The number of fused-ring (bicyclic) bond motifs is 6. The van der Waals surface area contributed by atoms with Crippen molar-refractivity contribution in [1.29, 1.82) is 0 Å². The second-order valence-electron chi connectivity index (χ2n) is 13.0. The van der Waals surface area contributed by atoms with Gasteiger partial charge in [-0.3, -0.25) is 0 Å². The molecule has 0 bridgehead atoms. The number of benzene rings is 8. The lowest BCUT2D eigenvalue weighted by molar-refractivity contribution is 0.669. The van der Waals surface area contributed by atoms with Crippen LogP contribution in [-0.4, -0.2) is 4.57 Å². The maximum absolute atomic E-state index is 6.27. The smallest absolute Gasteiger partial charge is 0.135 e. The first-order valence-electron chi connectivity index (χ1n) is 17.6. The molecule has 0 radical (unpaired) electrons. The molecule has 2 heterocycles. The molecule has 0 saturated heterocycles. The molecule has 2 aromatic heterocycles.